The first-order valence-corrected chi connectivity index (χ1v) is 7.64. The van der Waals surface area contributed by atoms with Crippen LogP contribution in [0.5, 0.6) is 0 Å². The Morgan fingerprint density at radius 1 is 1.32 bits per heavy atom. The minimum Gasteiger partial charge on any atom is -0.393 e. The van der Waals surface area contributed by atoms with Crippen molar-refractivity contribution in [1.29, 1.82) is 0 Å². The molecule has 1 aromatic heterocycles. The Morgan fingerprint density at radius 2 is 2.00 bits per heavy atom. The van der Waals surface area contributed by atoms with Crippen molar-refractivity contribution in [2.24, 2.45) is 5.92 Å². The van der Waals surface area contributed by atoms with Crippen molar-refractivity contribution in [1.82, 2.24) is 10.1 Å². The minimum absolute atomic E-state index is 0.126. The SMILES string of the molecule is CC(O)C1CCN(C(=O)c2cc(-c3ccccc3)no2)CC1. The fourth-order valence-corrected chi connectivity index (χ4v) is 2.86. The van der Waals surface area contributed by atoms with Gasteiger partial charge in [-0.2, -0.15) is 0 Å². The number of carbonyl (C=O) groups excluding carboxylic acids is 1. The molecule has 1 amide bonds. The molecular formula is C17H20N2O3. The molecule has 5 heteroatoms. The molecule has 1 fully saturated rings. The first-order valence-electron chi connectivity index (χ1n) is 7.64. The number of rotatable bonds is 3. The summed E-state index contributed by atoms with van der Waals surface area (Å²) in [5, 5.41) is 13.6. The van der Waals surface area contributed by atoms with Crippen molar-refractivity contribution in [3.63, 3.8) is 0 Å². The molecule has 116 valence electrons. The van der Waals surface area contributed by atoms with Crippen LogP contribution >= 0.6 is 0 Å². The van der Waals surface area contributed by atoms with E-state index in [1.807, 2.05) is 37.3 Å². The molecule has 0 saturated carbocycles. The predicted octanol–water partition coefficient (Wildman–Crippen LogP) is 2.57. The van der Waals surface area contributed by atoms with E-state index in [9.17, 15) is 9.90 Å². The summed E-state index contributed by atoms with van der Waals surface area (Å²) in [5.74, 6) is 0.423. The summed E-state index contributed by atoms with van der Waals surface area (Å²) in [4.78, 5) is 14.2. The van der Waals surface area contributed by atoms with Gasteiger partial charge in [-0.3, -0.25) is 4.79 Å². The molecular weight excluding hydrogens is 280 g/mol. The summed E-state index contributed by atoms with van der Waals surface area (Å²) >= 11 is 0. The first-order chi connectivity index (χ1) is 10.6. The molecule has 1 N–H and O–H groups in total. The van der Waals surface area contributed by atoms with E-state index in [4.69, 9.17) is 4.52 Å². The molecule has 0 spiro atoms. The summed E-state index contributed by atoms with van der Waals surface area (Å²) in [6.45, 7) is 3.11. The Morgan fingerprint density at radius 3 is 2.64 bits per heavy atom. The molecule has 0 aliphatic carbocycles. The highest BCUT2D eigenvalue weighted by Crippen LogP contribution is 2.23. The largest absolute Gasteiger partial charge is 0.393 e. The third-order valence-corrected chi connectivity index (χ3v) is 4.30. The summed E-state index contributed by atoms with van der Waals surface area (Å²) < 4.78 is 5.22. The van der Waals surface area contributed by atoms with Crippen LogP contribution in [0.25, 0.3) is 11.3 Å². The highest BCUT2D eigenvalue weighted by atomic mass is 16.5. The number of aromatic nitrogens is 1. The highest BCUT2D eigenvalue weighted by molar-refractivity contribution is 5.92. The predicted molar refractivity (Wildman–Crippen MR) is 82.2 cm³/mol. The molecule has 1 saturated heterocycles. The lowest BCUT2D eigenvalue weighted by Gasteiger charge is -2.32. The lowest BCUT2D eigenvalue weighted by atomic mass is 9.92. The van der Waals surface area contributed by atoms with Crippen LogP contribution in [-0.4, -0.2) is 40.3 Å². The first kappa shape index (κ1) is 14.8. The second kappa shape index (κ2) is 6.32. The van der Waals surface area contributed by atoms with Gasteiger partial charge in [-0.25, -0.2) is 0 Å². The third kappa shape index (κ3) is 3.04. The zero-order valence-electron chi connectivity index (χ0n) is 12.6. The smallest absolute Gasteiger partial charge is 0.292 e. The molecule has 1 aliphatic rings. The maximum atomic E-state index is 12.5. The fourth-order valence-electron chi connectivity index (χ4n) is 2.86. The summed E-state index contributed by atoms with van der Waals surface area (Å²) in [7, 11) is 0. The number of benzene rings is 1. The van der Waals surface area contributed by atoms with Crippen LogP contribution in [0.2, 0.25) is 0 Å². The van der Waals surface area contributed by atoms with Crippen LogP contribution in [0, 0.1) is 5.92 Å². The fraction of sp³-hybridized carbons (Fsp3) is 0.412. The molecule has 0 radical (unpaired) electrons. The van der Waals surface area contributed by atoms with Gasteiger partial charge in [0.15, 0.2) is 0 Å². The van der Waals surface area contributed by atoms with E-state index in [0.29, 0.717) is 18.8 Å². The van der Waals surface area contributed by atoms with Gasteiger partial charge >= 0.3 is 0 Å². The van der Waals surface area contributed by atoms with Gasteiger partial charge in [-0.05, 0) is 25.7 Å². The van der Waals surface area contributed by atoms with Crippen LogP contribution in [0.3, 0.4) is 0 Å². The number of amides is 1. The summed E-state index contributed by atoms with van der Waals surface area (Å²) in [5.41, 5.74) is 1.60. The number of nitrogens with zero attached hydrogens (tertiary/aromatic N) is 2. The minimum atomic E-state index is -0.313. The van der Waals surface area contributed by atoms with Gasteiger partial charge in [0, 0.05) is 24.7 Å². The second-order valence-electron chi connectivity index (χ2n) is 5.81. The molecule has 22 heavy (non-hydrogen) atoms. The molecule has 1 aliphatic heterocycles. The van der Waals surface area contributed by atoms with Gasteiger partial charge in [-0.15, -0.1) is 0 Å². The topological polar surface area (TPSA) is 66.6 Å². The Bertz CT molecular complexity index is 628. The van der Waals surface area contributed by atoms with Gasteiger partial charge in [0.2, 0.25) is 5.76 Å². The number of hydrogen-bond donors (Lipinski definition) is 1. The van der Waals surface area contributed by atoms with E-state index >= 15 is 0 Å². The Balaban J connectivity index is 1.68. The Labute approximate surface area is 129 Å². The van der Waals surface area contributed by atoms with Crippen molar-refractivity contribution in [2.45, 2.75) is 25.9 Å². The van der Waals surface area contributed by atoms with Gasteiger partial charge < -0.3 is 14.5 Å². The van der Waals surface area contributed by atoms with E-state index in [1.54, 1.807) is 11.0 Å². The Hall–Kier alpha value is -2.14. The van der Waals surface area contributed by atoms with E-state index in [1.165, 1.54) is 0 Å². The lowest BCUT2D eigenvalue weighted by molar-refractivity contribution is 0.0491. The maximum absolute atomic E-state index is 12.5. The number of aliphatic hydroxyl groups is 1. The van der Waals surface area contributed by atoms with Gasteiger partial charge in [0.05, 0.1) is 6.10 Å². The number of carbonyl (C=O) groups is 1. The van der Waals surface area contributed by atoms with Crippen LogP contribution in [0.15, 0.2) is 40.9 Å². The lowest BCUT2D eigenvalue weighted by Crippen LogP contribution is -2.40. The zero-order valence-corrected chi connectivity index (χ0v) is 12.6. The van der Waals surface area contributed by atoms with E-state index in [-0.39, 0.29) is 23.7 Å². The molecule has 0 bridgehead atoms. The van der Waals surface area contributed by atoms with Gasteiger partial charge in [0.1, 0.15) is 5.69 Å². The van der Waals surface area contributed by atoms with E-state index in [2.05, 4.69) is 5.16 Å². The molecule has 1 atom stereocenters. The van der Waals surface area contributed by atoms with Crippen molar-refractivity contribution < 1.29 is 14.4 Å². The monoisotopic (exact) mass is 300 g/mol. The molecule has 1 aromatic carbocycles. The molecule has 2 aromatic rings. The normalized spacial score (nSPS) is 17.5. The second-order valence-corrected chi connectivity index (χ2v) is 5.81. The molecule has 1 unspecified atom stereocenters. The summed E-state index contributed by atoms with van der Waals surface area (Å²) in [6.07, 6.45) is 1.33. The highest BCUT2D eigenvalue weighted by Gasteiger charge is 2.28. The number of hydrogen-bond acceptors (Lipinski definition) is 4. The maximum Gasteiger partial charge on any atom is 0.292 e. The molecule has 3 rings (SSSR count). The average Bonchev–Trinajstić information content (AvgIpc) is 3.05. The van der Waals surface area contributed by atoms with Crippen LogP contribution in [0.4, 0.5) is 0 Å². The standard InChI is InChI=1S/C17H20N2O3/c1-12(20)13-7-9-19(10-8-13)17(21)16-11-15(18-22-16)14-5-3-2-4-6-14/h2-6,11-13,20H,7-10H2,1H3. The Kier molecular flexibility index (Phi) is 4.24. The van der Waals surface area contributed by atoms with E-state index in [0.717, 1.165) is 18.4 Å². The summed E-state index contributed by atoms with van der Waals surface area (Å²) in [6, 6.07) is 11.3. The van der Waals surface area contributed by atoms with Crippen molar-refractivity contribution in [3.8, 4) is 11.3 Å². The third-order valence-electron chi connectivity index (χ3n) is 4.30. The van der Waals surface area contributed by atoms with Gasteiger partial charge in [-0.1, -0.05) is 35.5 Å². The molecule has 5 nitrogen and oxygen atoms in total. The van der Waals surface area contributed by atoms with Crippen LogP contribution in [-0.2, 0) is 0 Å². The van der Waals surface area contributed by atoms with Gasteiger partial charge in [0.25, 0.3) is 5.91 Å². The van der Waals surface area contributed by atoms with Crippen molar-refractivity contribution in [3.05, 3.63) is 42.2 Å². The van der Waals surface area contributed by atoms with Crippen LogP contribution in [0.1, 0.15) is 30.3 Å². The number of likely N-dealkylation sites (tertiary alicyclic amines) is 1. The van der Waals surface area contributed by atoms with Crippen molar-refractivity contribution >= 4 is 5.91 Å². The number of aliphatic hydroxyl groups excluding tert-OH is 1. The van der Waals surface area contributed by atoms with Crippen molar-refractivity contribution in [2.75, 3.05) is 13.1 Å². The quantitative estimate of drug-likeness (QED) is 0.946. The van der Waals surface area contributed by atoms with E-state index < -0.39 is 0 Å². The molecule has 2 heterocycles. The zero-order chi connectivity index (χ0) is 15.5. The van der Waals surface area contributed by atoms with Crippen LogP contribution < -0.4 is 0 Å². The average molecular weight is 300 g/mol. The number of piperidine rings is 1.